The number of hydrazone groups is 1. The quantitative estimate of drug-likeness (QED) is 0.574. The van der Waals surface area contributed by atoms with Crippen LogP contribution in [0.2, 0.25) is 0 Å². The molecule has 0 saturated carbocycles. The first-order valence-electron chi connectivity index (χ1n) is 4.91. The molecule has 5 nitrogen and oxygen atoms in total. The van der Waals surface area contributed by atoms with Gasteiger partial charge in [-0.15, -0.1) is 0 Å². The van der Waals surface area contributed by atoms with Crippen molar-refractivity contribution < 1.29 is 14.6 Å². The lowest BCUT2D eigenvalue weighted by Gasteiger charge is -1.99. The Labute approximate surface area is 93.7 Å². The zero-order valence-corrected chi connectivity index (χ0v) is 9.01. The first-order valence-corrected chi connectivity index (χ1v) is 4.91. The summed E-state index contributed by atoms with van der Waals surface area (Å²) < 4.78 is 4.89. The van der Waals surface area contributed by atoms with Gasteiger partial charge in [-0.2, -0.15) is 5.10 Å². The van der Waals surface area contributed by atoms with Crippen molar-refractivity contribution in [2.24, 2.45) is 5.10 Å². The van der Waals surface area contributed by atoms with Crippen LogP contribution < -0.4 is 5.43 Å². The van der Waals surface area contributed by atoms with Crippen LogP contribution in [0.4, 0.5) is 0 Å². The number of carbonyl (C=O) groups is 1. The van der Waals surface area contributed by atoms with Crippen molar-refractivity contribution in [3.8, 4) is 5.75 Å². The van der Waals surface area contributed by atoms with Crippen LogP contribution in [-0.2, 0) is 9.53 Å². The third-order valence-electron chi connectivity index (χ3n) is 1.73. The topological polar surface area (TPSA) is 70.9 Å². The molecule has 0 bridgehead atoms. The fourth-order valence-corrected chi connectivity index (χ4v) is 0.966. The third-order valence-corrected chi connectivity index (χ3v) is 1.73. The molecule has 16 heavy (non-hydrogen) atoms. The molecule has 1 aromatic rings. The Morgan fingerprint density at radius 3 is 2.81 bits per heavy atom. The zero-order chi connectivity index (χ0) is 11.8. The number of nitrogens with zero attached hydrogens (tertiary/aromatic N) is 1. The monoisotopic (exact) mass is 222 g/mol. The van der Waals surface area contributed by atoms with E-state index in [1.807, 2.05) is 6.92 Å². The van der Waals surface area contributed by atoms with E-state index in [9.17, 15) is 4.79 Å². The molecule has 1 rings (SSSR count). The Kier molecular flexibility index (Phi) is 5.01. The van der Waals surface area contributed by atoms with Gasteiger partial charge in [0.25, 0.3) is 5.91 Å². The van der Waals surface area contributed by atoms with E-state index in [0.29, 0.717) is 6.61 Å². The smallest absolute Gasteiger partial charge is 0.266 e. The van der Waals surface area contributed by atoms with Crippen molar-refractivity contribution >= 4 is 12.1 Å². The van der Waals surface area contributed by atoms with Crippen LogP contribution in [0.15, 0.2) is 29.4 Å². The van der Waals surface area contributed by atoms with Crippen LogP contribution in [0, 0.1) is 0 Å². The zero-order valence-electron chi connectivity index (χ0n) is 9.01. The molecule has 5 heteroatoms. The molecule has 1 amide bonds. The van der Waals surface area contributed by atoms with Gasteiger partial charge in [-0.05, 0) is 36.8 Å². The van der Waals surface area contributed by atoms with E-state index in [1.165, 1.54) is 6.21 Å². The molecule has 0 aromatic heterocycles. The normalized spacial score (nSPS) is 10.6. The SMILES string of the molecule is CCOCC(=O)N/N=C/c1ccc(O)cc1. The lowest BCUT2D eigenvalue weighted by atomic mass is 10.2. The van der Waals surface area contributed by atoms with Gasteiger partial charge in [-0.3, -0.25) is 4.79 Å². The van der Waals surface area contributed by atoms with E-state index in [0.717, 1.165) is 5.56 Å². The summed E-state index contributed by atoms with van der Waals surface area (Å²) in [5.41, 5.74) is 3.11. The first-order chi connectivity index (χ1) is 7.72. The van der Waals surface area contributed by atoms with E-state index < -0.39 is 0 Å². The van der Waals surface area contributed by atoms with Gasteiger partial charge in [0.1, 0.15) is 12.4 Å². The average molecular weight is 222 g/mol. The second-order valence-electron chi connectivity index (χ2n) is 3.02. The summed E-state index contributed by atoms with van der Waals surface area (Å²) >= 11 is 0. The number of ether oxygens (including phenoxy) is 1. The first kappa shape index (κ1) is 12.2. The summed E-state index contributed by atoms with van der Waals surface area (Å²) in [7, 11) is 0. The van der Waals surface area contributed by atoms with Crippen molar-refractivity contribution in [1.29, 1.82) is 0 Å². The summed E-state index contributed by atoms with van der Waals surface area (Å²) in [6.45, 7) is 2.31. The molecular weight excluding hydrogens is 208 g/mol. The molecule has 0 atom stereocenters. The predicted molar refractivity (Wildman–Crippen MR) is 60.3 cm³/mol. The molecule has 86 valence electrons. The summed E-state index contributed by atoms with van der Waals surface area (Å²) in [4.78, 5) is 11.1. The molecule has 0 fully saturated rings. The van der Waals surface area contributed by atoms with Crippen LogP contribution in [-0.4, -0.2) is 30.4 Å². The lowest BCUT2D eigenvalue weighted by Crippen LogP contribution is -2.22. The summed E-state index contributed by atoms with van der Waals surface area (Å²) in [6.07, 6.45) is 1.49. The average Bonchev–Trinajstić information content (AvgIpc) is 2.29. The molecule has 0 saturated heterocycles. The molecule has 0 radical (unpaired) electrons. The molecule has 0 unspecified atom stereocenters. The highest BCUT2D eigenvalue weighted by Crippen LogP contribution is 2.07. The number of rotatable bonds is 5. The standard InChI is InChI=1S/C11H14N2O3/c1-2-16-8-11(15)13-12-7-9-3-5-10(14)6-4-9/h3-7,14H,2,8H2,1H3,(H,13,15)/b12-7+. The van der Waals surface area contributed by atoms with Gasteiger partial charge in [-0.1, -0.05) is 0 Å². The van der Waals surface area contributed by atoms with E-state index in [-0.39, 0.29) is 18.3 Å². The molecule has 0 spiro atoms. The lowest BCUT2D eigenvalue weighted by molar-refractivity contribution is -0.125. The van der Waals surface area contributed by atoms with Crippen LogP contribution in [0.1, 0.15) is 12.5 Å². The number of phenolic OH excluding ortho intramolecular Hbond substituents is 1. The Morgan fingerprint density at radius 2 is 2.19 bits per heavy atom. The number of benzene rings is 1. The second-order valence-corrected chi connectivity index (χ2v) is 3.02. The summed E-state index contributed by atoms with van der Waals surface area (Å²) in [5.74, 6) is -0.102. The molecule has 0 heterocycles. The number of carbonyl (C=O) groups excluding carboxylic acids is 1. The van der Waals surface area contributed by atoms with Crippen LogP contribution in [0.5, 0.6) is 5.75 Å². The molecular formula is C11H14N2O3. The minimum atomic E-state index is -0.295. The maximum atomic E-state index is 11.1. The van der Waals surface area contributed by atoms with Gasteiger partial charge in [0.2, 0.25) is 0 Å². The van der Waals surface area contributed by atoms with Gasteiger partial charge in [0.15, 0.2) is 0 Å². The maximum absolute atomic E-state index is 11.1. The summed E-state index contributed by atoms with van der Waals surface area (Å²) in [6, 6.07) is 6.47. The Bertz CT molecular complexity index is 360. The molecule has 0 aliphatic carbocycles. The number of amides is 1. The van der Waals surface area contributed by atoms with Crippen molar-refractivity contribution in [2.45, 2.75) is 6.92 Å². The Morgan fingerprint density at radius 1 is 1.50 bits per heavy atom. The van der Waals surface area contributed by atoms with Crippen molar-refractivity contribution in [3.63, 3.8) is 0 Å². The van der Waals surface area contributed by atoms with E-state index >= 15 is 0 Å². The largest absolute Gasteiger partial charge is 0.508 e. The fourth-order valence-electron chi connectivity index (χ4n) is 0.966. The summed E-state index contributed by atoms with van der Waals surface area (Å²) in [5, 5.41) is 12.8. The number of nitrogens with one attached hydrogen (secondary N) is 1. The molecule has 0 aliphatic heterocycles. The van der Waals surface area contributed by atoms with E-state index in [4.69, 9.17) is 9.84 Å². The second kappa shape index (κ2) is 6.58. The number of hydrogen-bond acceptors (Lipinski definition) is 4. The van der Waals surface area contributed by atoms with Crippen molar-refractivity contribution in [3.05, 3.63) is 29.8 Å². The minimum absolute atomic E-state index is 0.00339. The van der Waals surface area contributed by atoms with Gasteiger partial charge >= 0.3 is 0 Å². The van der Waals surface area contributed by atoms with Gasteiger partial charge in [-0.25, -0.2) is 5.43 Å². The predicted octanol–water partition coefficient (Wildman–Crippen LogP) is 0.879. The van der Waals surface area contributed by atoms with E-state index in [1.54, 1.807) is 24.3 Å². The number of aromatic hydroxyl groups is 1. The maximum Gasteiger partial charge on any atom is 0.266 e. The minimum Gasteiger partial charge on any atom is -0.508 e. The Balaban J connectivity index is 2.37. The highest BCUT2D eigenvalue weighted by molar-refractivity contribution is 5.82. The molecule has 0 aliphatic rings. The van der Waals surface area contributed by atoms with Crippen molar-refractivity contribution in [1.82, 2.24) is 5.43 Å². The van der Waals surface area contributed by atoms with Crippen LogP contribution in [0.3, 0.4) is 0 Å². The van der Waals surface area contributed by atoms with Crippen LogP contribution >= 0.6 is 0 Å². The van der Waals surface area contributed by atoms with Crippen molar-refractivity contribution in [2.75, 3.05) is 13.2 Å². The van der Waals surface area contributed by atoms with E-state index in [2.05, 4.69) is 10.5 Å². The van der Waals surface area contributed by atoms with Gasteiger partial charge in [0, 0.05) is 6.61 Å². The number of hydrogen-bond donors (Lipinski definition) is 2. The highest BCUT2D eigenvalue weighted by atomic mass is 16.5. The fraction of sp³-hybridized carbons (Fsp3) is 0.273. The highest BCUT2D eigenvalue weighted by Gasteiger charge is 1.96. The number of phenols is 1. The Hall–Kier alpha value is -1.88. The van der Waals surface area contributed by atoms with Crippen LogP contribution in [0.25, 0.3) is 0 Å². The van der Waals surface area contributed by atoms with Gasteiger partial charge < -0.3 is 9.84 Å². The molecule has 2 N–H and O–H groups in total. The van der Waals surface area contributed by atoms with Gasteiger partial charge in [0.05, 0.1) is 6.21 Å². The molecule has 1 aromatic carbocycles. The third kappa shape index (κ3) is 4.56.